The van der Waals surface area contributed by atoms with Crippen LogP contribution >= 0.6 is 15.9 Å². The summed E-state index contributed by atoms with van der Waals surface area (Å²) in [7, 11) is 3.05. The smallest absolute Gasteiger partial charge is 0.142 e. The van der Waals surface area contributed by atoms with Crippen LogP contribution in [0.2, 0.25) is 0 Å². The van der Waals surface area contributed by atoms with E-state index in [9.17, 15) is 9.50 Å². The lowest BCUT2D eigenvalue weighted by molar-refractivity contribution is 0.213. The second kappa shape index (κ2) is 6.24. The zero-order chi connectivity index (χ0) is 14.7. The maximum absolute atomic E-state index is 13.3. The highest BCUT2D eigenvalue weighted by molar-refractivity contribution is 9.10. The predicted octanol–water partition coefficient (Wildman–Crippen LogP) is 3.69. The molecule has 0 saturated heterocycles. The summed E-state index contributed by atoms with van der Waals surface area (Å²) < 4.78 is 24.3. The maximum Gasteiger partial charge on any atom is 0.142 e. The third kappa shape index (κ3) is 2.78. The molecule has 0 aromatic heterocycles. The van der Waals surface area contributed by atoms with Crippen LogP contribution in [-0.4, -0.2) is 19.3 Å². The van der Waals surface area contributed by atoms with E-state index in [0.717, 1.165) is 0 Å². The Balaban J connectivity index is 2.49. The monoisotopic (exact) mass is 340 g/mol. The quantitative estimate of drug-likeness (QED) is 0.922. The van der Waals surface area contributed by atoms with E-state index in [1.807, 2.05) is 0 Å². The number of rotatable bonds is 4. The molecule has 0 fully saturated rings. The van der Waals surface area contributed by atoms with Crippen molar-refractivity contribution in [3.05, 3.63) is 57.8 Å². The van der Waals surface area contributed by atoms with E-state index in [2.05, 4.69) is 15.9 Å². The lowest BCUT2D eigenvalue weighted by Crippen LogP contribution is -2.04. The first-order valence-electron chi connectivity index (χ1n) is 5.92. The van der Waals surface area contributed by atoms with Gasteiger partial charge in [0.2, 0.25) is 0 Å². The number of halogens is 2. The molecule has 5 heteroatoms. The molecule has 20 heavy (non-hydrogen) atoms. The van der Waals surface area contributed by atoms with Gasteiger partial charge in [0.05, 0.1) is 14.2 Å². The Labute approximate surface area is 125 Å². The van der Waals surface area contributed by atoms with Crippen LogP contribution < -0.4 is 9.47 Å². The third-order valence-electron chi connectivity index (χ3n) is 2.98. The molecule has 2 aromatic carbocycles. The van der Waals surface area contributed by atoms with Crippen LogP contribution in [-0.2, 0) is 0 Å². The van der Waals surface area contributed by atoms with Gasteiger partial charge in [-0.05, 0) is 45.8 Å². The molecule has 0 aliphatic rings. The number of benzene rings is 2. The maximum atomic E-state index is 13.3. The Bertz CT molecular complexity index is 616. The summed E-state index contributed by atoms with van der Waals surface area (Å²) in [6.45, 7) is 0. The van der Waals surface area contributed by atoms with Crippen molar-refractivity contribution in [2.75, 3.05) is 14.2 Å². The molecule has 0 aliphatic heterocycles. The Morgan fingerprint density at radius 3 is 2.50 bits per heavy atom. The van der Waals surface area contributed by atoms with Gasteiger partial charge in [0.15, 0.2) is 0 Å². The zero-order valence-corrected chi connectivity index (χ0v) is 12.6. The molecule has 0 bridgehead atoms. The summed E-state index contributed by atoms with van der Waals surface area (Å²) >= 11 is 3.37. The molecule has 3 nitrogen and oxygen atoms in total. The Morgan fingerprint density at radius 2 is 1.90 bits per heavy atom. The van der Waals surface area contributed by atoms with Crippen molar-refractivity contribution in [3.63, 3.8) is 0 Å². The van der Waals surface area contributed by atoms with Gasteiger partial charge >= 0.3 is 0 Å². The van der Waals surface area contributed by atoms with E-state index in [4.69, 9.17) is 9.47 Å². The van der Waals surface area contributed by atoms with Gasteiger partial charge in [-0.2, -0.15) is 0 Å². The fourth-order valence-corrected chi connectivity index (χ4v) is 2.67. The number of ether oxygens (including phenoxy) is 2. The van der Waals surface area contributed by atoms with E-state index in [1.54, 1.807) is 31.4 Å². The van der Waals surface area contributed by atoms with Crippen LogP contribution in [0.5, 0.6) is 11.5 Å². The van der Waals surface area contributed by atoms with E-state index in [0.29, 0.717) is 27.1 Å². The highest BCUT2D eigenvalue weighted by Crippen LogP contribution is 2.41. The summed E-state index contributed by atoms with van der Waals surface area (Å²) in [6, 6.07) is 9.24. The summed E-state index contributed by atoms with van der Waals surface area (Å²) in [6.07, 6.45) is -0.983. The van der Waals surface area contributed by atoms with Gasteiger partial charge in [-0.15, -0.1) is 0 Å². The van der Waals surface area contributed by atoms with Crippen LogP contribution in [0.3, 0.4) is 0 Å². The molecular weight excluding hydrogens is 327 g/mol. The van der Waals surface area contributed by atoms with Crippen molar-refractivity contribution in [3.8, 4) is 11.5 Å². The summed E-state index contributed by atoms with van der Waals surface area (Å²) in [5.41, 5.74) is 0.992. The van der Waals surface area contributed by atoms with Crippen LogP contribution in [0, 0.1) is 5.82 Å². The van der Waals surface area contributed by atoms with Crippen molar-refractivity contribution in [2.24, 2.45) is 0 Å². The van der Waals surface area contributed by atoms with E-state index < -0.39 is 11.9 Å². The van der Waals surface area contributed by atoms with Crippen molar-refractivity contribution in [2.45, 2.75) is 6.10 Å². The van der Waals surface area contributed by atoms with E-state index >= 15 is 0 Å². The van der Waals surface area contributed by atoms with Gasteiger partial charge in [-0.1, -0.05) is 12.1 Å². The standard InChI is InChI=1S/C15H14BrFO3/c1-19-12-7-6-11(15(20-2)13(12)16)14(18)9-4-3-5-10(17)8-9/h3-8,14,18H,1-2H3. The second-order valence-corrected chi connectivity index (χ2v) is 4.95. The number of aliphatic hydroxyl groups excluding tert-OH is 1. The van der Waals surface area contributed by atoms with Gasteiger partial charge in [0, 0.05) is 5.56 Å². The van der Waals surface area contributed by atoms with Crippen LogP contribution in [0.1, 0.15) is 17.2 Å². The van der Waals surface area contributed by atoms with Gasteiger partial charge in [-0.25, -0.2) is 4.39 Å². The SMILES string of the molecule is COc1ccc(C(O)c2cccc(F)c2)c(OC)c1Br. The van der Waals surface area contributed by atoms with Crippen molar-refractivity contribution in [1.82, 2.24) is 0 Å². The Morgan fingerprint density at radius 1 is 1.15 bits per heavy atom. The van der Waals surface area contributed by atoms with Crippen molar-refractivity contribution < 1.29 is 19.0 Å². The average molecular weight is 341 g/mol. The molecule has 0 saturated carbocycles. The Hall–Kier alpha value is -1.59. The van der Waals surface area contributed by atoms with Crippen molar-refractivity contribution in [1.29, 1.82) is 0 Å². The molecule has 106 valence electrons. The molecular formula is C15H14BrFO3. The number of aliphatic hydroxyl groups is 1. The van der Waals surface area contributed by atoms with E-state index in [-0.39, 0.29) is 0 Å². The highest BCUT2D eigenvalue weighted by Gasteiger charge is 2.20. The zero-order valence-electron chi connectivity index (χ0n) is 11.1. The lowest BCUT2D eigenvalue weighted by atomic mass is 10.0. The molecule has 0 amide bonds. The normalized spacial score (nSPS) is 12.1. The third-order valence-corrected chi connectivity index (χ3v) is 3.73. The largest absolute Gasteiger partial charge is 0.495 e. The number of methoxy groups -OCH3 is 2. The molecule has 2 rings (SSSR count). The molecule has 0 heterocycles. The molecule has 2 aromatic rings. The van der Waals surface area contributed by atoms with Crippen LogP contribution in [0.25, 0.3) is 0 Å². The minimum atomic E-state index is -0.983. The van der Waals surface area contributed by atoms with Gasteiger partial charge in [0.25, 0.3) is 0 Å². The first-order chi connectivity index (χ1) is 9.58. The van der Waals surface area contributed by atoms with Gasteiger partial charge < -0.3 is 14.6 Å². The van der Waals surface area contributed by atoms with Crippen LogP contribution in [0.15, 0.2) is 40.9 Å². The molecule has 0 spiro atoms. The van der Waals surface area contributed by atoms with Crippen LogP contribution in [0.4, 0.5) is 4.39 Å². The van der Waals surface area contributed by atoms with Gasteiger partial charge in [-0.3, -0.25) is 0 Å². The first-order valence-corrected chi connectivity index (χ1v) is 6.71. The average Bonchev–Trinajstić information content (AvgIpc) is 2.46. The molecule has 1 unspecified atom stereocenters. The van der Waals surface area contributed by atoms with Gasteiger partial charge in [0.1, 0.15) is 27.9 Å². The summed E-state index contributed by atoms with van der Waals surface area (Å²) in [5, 5.41) is 10.4. The second-order valence-electron chi connectivity index (χ2n) is 4.16. The van der Waals surface area contributed by atoms with E-state index in [1.165, 1.54) is 19.2 Å². The molecule has 1 N–H and O–H groups in total. The number of hydrogen-bond acceptors (Lipinski definition) is 3. The molecule has 1 atom stereocenters. The fourth-order valence-electron chi connectivity index (χ4n) is 1.99. The number of hydrogen-bond donors (Lipinski definition) is 1. The van der Waals surface area contributed by atoms with Crippen molar-refractivity contribution >= 4 is 15.9 Å². The molecule has 0 radical (unpaired) electrons. The first kappa shape index (κ1) is 14.8. The fraction of sp³-hybridized carbons (Fsp3) is 0.200. The minimum absolute atomic E-state index is 0.395. The minimum Gasteiger partial charge on any atom is -0.495 e. The molecule has 0 aliphatic carbocycles. The predicted molar refractivity (Wildman–Crippen MR) is 77.7 cm³/mol. The summed E-state index contributed by atoms with van der Waals surface area (Å²) in [5.74, 6) is 0.659. The Kier molecular flexibility index (Phi) is 4.62. The summed E-state index contributed by atoms with van der Waals surface area (Å²) in [4.78, 5) is 0. The highest BCUT2D eigenvalue weighted by atomic mass is 79.9. The lowest BCUT2D eigenvalue weighted by Gasteiger charge is -2.18. The topological polar surface area (TPSA) is 38.7 Å².